The number of carbonyl (C=O) groups is 2. The lowest BCUT2D eigenvalue weighted by Gasteiger charge is -2.24. The standard InChI is InChI=1S/C15H27NO6S/c1-14(2,3)21-12(17)10-23(19,20)11-7-8-16(9-11)13(18)22-15(4,5)6/h11H,7-10H2,1-6H3. The van der Waals surface area contributed by atoms with E-state index in [0.717, 1.165) is 0 Å². The summed E-state index contributed by atoms with van der Waals surface area (Å²) in [4.78, 5) is 25.1. The fourth-order valence-electron chi connectivity index (χ4n) is 2.17. The van der Waals surface area contributed by atoms with Crippen LogP contribution in [0.3, 0.4) is 0 Å². The third-order valence-corrected chi connectivity index (χ3v) is 5.08. The van der Waals surface area contributed by atoms with Crippen LogP contribution in [-0.2, 0) is 24.1 Å². The third kappa shape index (κ3) is 6.76. The van der Waals surface area contributed by atoms with Gasteiger partial charge in [0.05, 0.1) is 5.25 Å². The van der Waals surface area contributed by atoms with Gasteiger partial charge < -0.3 is 14.4 Å². The third-order valence-electron chi connectivity index (χ3n) is 3.04. The van der Waals surface area contributed by atoms with Crippen molar-refractivity contribution in [2.24, 2.45) is 0 Å². The smallest absolute Gasteiger partial charge is 0.410 e. The Hall–Kier alpha value is -1.31. The van der Waals surface area contributed by atoms with Crippen LogP contribution in [0.15, 0.2) is 0 Å². The van der Waals surface area contributed by atoms with Crippen molar-refractivity contribution >= 4 is 21.9 Å². The van der Waals surface area contributed by atoms with Crippen LogP contribution in [0.4, 0.5) is 4.79 Å². The van der Waals surface area contributed by atoms with Gasteiger partial charge in [-0.3, -0.25) is 4.79 Å². The molecule has 1 heterocycles. The lowest BCUT2D eigenvalue weighted by atomic mass is 10.2. The molecule has 1 fully saturated rings. The number of rotatable bonds is 3. The molecule has 1 saturated heterocycles. The van der Waals surface area contributed by atoms with E-state index in [4.69, 9.17) is 9.47 Å². The summed E-state index contributed by atoms with van der Waals surface area (Å²) >= 11 is 0. The van der Waals surface area contributed by atoms with Crippen molar-refractivity contribution in [1.29, 1.82) is 0 Å². The Morgan fingerprint density at radius 3 is 2.04 bits per heavy atom. The Bertz CT molecular complexity index is 555. The molecule has 7 nitrogen and oxygen atoms in total. The van der Waals surface area contributed by atoms with E-state index in [-0.39, 0.29) is 6.54 Å². The monoisotopic (exact) mass is 349 g/mol. The molecule has 8 heteroatoms. The Kier molecular flexibility index (Phi) is 5.72. The first-order valence-electron chi connectivity index (χ1n) is 7.61. The predicted molar refractivity (Wildman–Crippen MR) is 85.8 cm³/mol. The summed E-state index contributed by atoms with van der Waals surface area (Å²) in [5, 5.41) is -0.762. The van der Waals surface area contributed by atoms with Gasteiger partial charge in [-0.2, -0.15) is 0 Å². The molecule has 0 bridgehead atoms. The van der Waals surface area contributed by atoms with Gasteiger partial charge in [0.1, 0.15) is 17.0 Å². The molecular weight excluding hydrogens is 322 g/mol. The van der Waals surface area contributed by atoms with Crippen molar-refractivity contribution in [3.8, 4) is 0 Å². The van der Waals surface area contributed by atoms with E-state index in [0.29, 0.717) is 13.0 Å². The summed E-state index contributed by atoms with van der Waals surface area (Å²) in [7, 11) is -3.67. The quantitative estimate of drug-likeness (QED) is 0.721. The topological polar surface area (TPSA) is 90.0 Å². The van der Waals surface area contributed by atoms with Gasteiger partial charge in [0.25, 0.3) is 0 Å². The highest BCUT2D eigenvalue weighted by Crippen LogP contribution is 2.21. The lowest BCUT2D eigenvalue weighted by molar-refractivity contribution is -0.151. The number of hydrogen-bond acceptors (Lipinski definition) is 6. The second kappa shape index (κ2) is 6.67. The van der Waals surface area contributed by atoms with Crippen molar-refractivity contribution in [3.63, 3.8) is 0 Å². The van der Waals surface area contributed by atoms with Crippen LogP contribution in [-0.4, -0.2) is 60.7 Å². The summed E-state index contributed by atoms with van der Waals surface area (Å²) in [6.07, 6.45) is -0.239. The van der Waals surface area contributed by atoms with Crippen LogP contribution >= 0.6 is 0 Å². The fourth-order valence-corrected chi connectivity index (χ4v) is 3.66. The molecule has 0 saturated carbocycles. The van der Waals surface area contributed by atoms with Gasteiger partial charge in [0, 0.05) is 13.1 Å². The first-order valence-corrected chi connectivity index (χ1v) is 9.32. The molecule has 23 heavy (non-hydrogen) atoms. The van der Waals surface area contributed by atoms with Crippen LogP contribution in [0, 0.1) is 0 Å². The van der Waals surface area contributed by atoms with E-state index >= 15 is 0 Å². The SMILES string of the molecule is CC(C)(C)OC(=O)CS(=O)(=O)C1CCN(C(=O)OC(C)(C)C)C1. The molecule has 1 aliphatic heterocycles. The molecule has 0 radical (unpaired) electrons. The molecule has 1 amide bonds. The summed E-state index contributed by atoms with van der Waals surface area (Å²) < 4.78 is 34.9. The first kappa shape index (κ1) is 19.7. The van der Waals surface area contributed by atoms with Gasteiger partial charge in [0.15, 0.2) is 9.84 Å². The van der Waals surface area contributed by atoms with E-state index in [1.165, 1.54) is 4.90 Å². The van der Waals surface area contributed by atoms with Gasteiger partial charge in [-0.25, -0.2) is 13.2 Å². The summed E-state index contributed by atoms with van der Waals surface area (Å²) in [6.45, 7) is 10.6. The molecule has 0 spiro atoms. The second-order valence-electron chi connectivity index (χ2n) is 7.73. The molecule has 0 aromatic carbocycles. The Morgan fingerprint density at radius 2 is 1.57 bits per heavy atom. The number of sulfone groups is 1. The van der Waals surface area contributed by atoms with E-state index < -0.39 is 44.1 Å². The highest BCUT2D eigenvalue weighted by molar-refractivity contribution is 7.92. The van der Waals surface area contributed by atoms with Crippen molar-refractivity contribution < 1.29 is 27.5 Å². The molecule has 1 unspecified atom stereocenters. The van der Waals surface area contributed by atoms with Gasteiger partial charge in [-0.15, -0.1) is 0 Å². The maximum Gasteiger partial charge on any atom is 0.410 e. The maximum atomic E-state index is 12.3. The van der Waals surface area contributed by atoms with E-state index in [2.05, 4.69) is 0 Å². The van der Waals surface area contributed by atoms with E-state index in [9.17, 15) is 18.0 Å². The van der Waals surface area contributed by atoms with Crippen molar-refractivity contribution in [3.05, 3.63) is 0 Å². The van der Waals surface area contributed by atoms with Crippen molar-refractivity contribution in [2.75, 3.05) is 18.8 Å². The highest BCUT2D eigenvalue weighted by Gasteiger charge is 2.38. The number of hydrogen-bond donors (Lipinski definition) is 0. The van der Waals surface area contributed by atoms with Crippen molar-refractivity contribution in [2.45, 2.75) is 64.4 Å². The molecule has 1 rings (SSSR count). The zero-order valence-corrected chi connectivity index (χ0v) is 15.5. The number of nitrogens with zero attached hydrogens (tertiary/aromatic N) is 1. The minimum absolute atomic E-state index is 0.0417. The summed E-state index contributed by atoms with van der Waals surface area (Å²) in [6, 6.07) is 0. The van der Waals surface area contributed by atoms with E-state index in [1.807, 2.05) is 0 Å². The Labute approximate surface area is 138 Å². The lowest BCUT2D eigenvalue weighted by Crippen LogP contribution is -2.38. The molecule has 1 aliphatic rings. The maximum absolute atomic E-state index is 12.3. The molecule has 0 aliphatic carbocycles. The van der Waals surface area contributed by atoms with Gasteiger partial charge in [0.2, 0.25) is 0 Å². The minimum atomic E-state index is -3.67. The van der Waals surface area contributed by atoms with Crippen LogP contribution < -0.4 is 0 Å². The van der Waals surface area contributed by atoms with Crippen LogP contribution in [0.5, 0.6) is 0 Å². The largest absolute Gasteiger partial charge is 0.459 e. The second-order valence-corrected chi connectivity index (χ2v) is 10.0. The van der Waals surface area contributed by atoms with Crippen LogP contribution in [0.1, 0.15) is 48.0 Å². The van der Waals surface area contributed by atoms with E-state index in [1.54, 1.807) is 41.5 Å². The Balaban J connectivity index is 2.64. The Morgan fingerprint density at radius 1 is 1.04 bits per heavy atom. The van der Waals surface area contributed by atoms with Gasteiger partial charge >= 0.3 is 12.1 Å². The number of esters is 1. The molecular formula is C15H27NO6S. The predicted octanol–water partition coefficient (Wildman–Crippen LogP) is 1.75. The van der Waals surface area contributed by atoms with Crippen LogP contribution in [0.25, 0.3) is 0 Å². The number of likely N-dealkylation sites (tertiary alicyclic amines) is 1. The summed E-state index contributed by atoms with van der Waals surface area (Å²) in [5.41, 5.74) is -1.37. The average Bonchev–Trinajstić information content (AvgIpc) is 2.71. The molecule has 1 atom stereocenters. The van der Waals surface area contributed by atoms with Crippen molar-refractivity contribution in [1.82, 2.24) is 4.90 Å². The molecule has 0 aromatic heterocycles. The molecule has 134 valence electrons. The summed E-state index contributed by atoms with van der Waals surface area (Å²) in [5.74, 6) is -1.44. The normalized spacial score (nSPS) is 19.6. The molecule has 0 aromatic rings. The minimum Gasteiger partial charge on any atom is -0.459 e. The number of ether oxygens (including phenoxy) is 2. The average molecular weight is 349 g/mol. The zero-order valence-electron chi connectivity index (χ0n) is 14.7. The van der Waals surface area contributed by atoms with Gasteiger partial charge in [-0.05, 0) is 48.0 Å². The number of carbonyl (C=O) groups excluding carboxylic acids is 2. The fraction of sp³-hybridized carbons (Fsp3) is 0.867. The van der Waals surface area contributed by atoms with Gasteiger partial charge in [-0.1, -0.05) is 0 Å². The molecule has 0 N–H and O–H groups in total. The number of amides is 1. The zero-order chi connectivity index (χ0) is 18.1. The van der Waals surface area contributed by atoms with Crippen LogP contribution in [0.2, 0.25) is 0 Å². The first-order chi connectivity index (χ1) is 10.2. The highest BCUT2D eigenvalue weighted by atomic mass is 32.2.